The molecule has 1 unspecified atom stereocenters. The SMILES string of the molecule is C[C@H]1Cc2ccccc2N1C(=O)C[NH+](C)CC(=O)Nc1ccc(F)c(F)c1F. The topological polar surface area (TPSA) is 53.9 Å². The van der Waals surface area contributed by atoms with Crippen LogP contribution in [0.25, 0.3) is 0 Å². The van der Waals surface area contributed by atoms with Crippen molar-refractivity contribution >= 4 is 23.2 Å². The van der Waals surface area contributed by atoms with Gasteiger partial charge in [-0.15, -0.1) is 0 Å². The molecule has 148 valence electrons. The van der Waals surface area contributed by atoms with Crippen molar-refractivity contribution in [1.82, 2.24) is 0 Å². The van der Waals surface area contributed by atoms with Crippen LogP contribution < -0.4 is 15.1 Å². The number of nitrogens with one attached hydrogen (secondary N) is 2. The summed E-state index contributed by atoms with van der Waals surface area (Å²) < 4.78 is 39.9. The van der Waals surface area contributed by atoms with Gasteiger partial charge in [-0.3, -0.25) is 9.59 Å². The first-order valence-corrected chi connectivity index (χ1v) is 8.92. The third-order valence-corrected chi connectivity index (χ3v) is 4.70. The number of para-hydroxylation sites is 1. The average molecular weight is 392 g/mol. The molecule has 2 aromatic carbocycles. The lowest BCUT2D eigenvalue weighted by Gasteiger charge is -2.24. The van der Waals surface area contributed by atoms with E-state index in [1.807, 2.05) is 31.2 Å². The number of anilines is 2. The van der Waals surface area contributed by atoms with Crippen LogP contribution in [0, 0.1) is 17.5 Å². The molecule has 28 heavy (non-hydrogen) atoms. The van der Waals surface area contributed by atoms with Gasteiger partial charge in [-0.1, -0.05) is 18.2 Å². The molecule has 1 heterocycles. The summed E-state index contributed by atoms with van der Waals surface area (Å²) in [6, 6.07) is 9.40. The van der Waals surface area contributed by atoms with E-state index in [9.17, 15) is 22.8 Å². The number of rotatable bonds is 5. The van der Waals surface area contributed by atoms with Gasteiger partial charge >= 0.3 is 0 Å². The van der Waals surface area contributed by atoms with Crippen LogP contribution in [0.15, 0.2) is 36.4 Å². The molecule has 0 radical (unpaired) electrons. The Morgan fingerprint density at radius 2 is 1.82 bits per heavy atom. The number of benzene rings is 2. The molecule has 2 N–H and O–H groups in total. The molecule has 0 bridgehead atoms. The molecule has 3 rings (SSSR count). The maximum Gasteiger partial charge on any atom is 0.282 e. The van der Waals surface area contributed by atoms with Crippen LogP contribution in [0.2, 0.25) is 0 Å². The molecule has 1 aliphatic heterocycles. The van der Waals surface area contributed by atoms with Gasteiger partial charge < -0.3 is 15.1 Å². The minimum atomic E-state index is -1.64. The van der Waals surface area contributed by atoms with E-state index in [1.54, 1.807) is 11.9 Å². The minimum Gasteiger partial charge on any atom is -0.322 e. The maximum absolute atomic E-state index is 13.7. The Labute approximate surface area is 160 Å². The van der Waals surface area contributed by atoms with Crippen molar-refractivity contribution in [2.24, 2.45) is 0 Å². The van der Waals surface area contributed by atoms with E-state index in [4.69, 9.17) is 0 Å². The molecular formula is C20H21F3N3O2+. The van der Waals surface area contributed by atoms with Gasteiger partial charge in [-0.05, 0) is 37.1 Å². The monoisotopic (exact) mass is 392 g/mol. The van der Waals surface area contributed by atoms with Gasteiger partial charge in [0.2, 0.25) is 0 Å². The molecule has 1 aliphatic rings. The summed E-state index contributed by atoms with van der Waals surface area (Å²) >= 11 is 0. The smallest absolute Gasteiger partial charge is 0.282 e. The lowest BCUT2D eigenvalue weighted by atomic mass is 10.1. The van der Waals surface area contributed by atoms with E-state index in [2.05, 4.69) is 5.32 Å². The summed E-state index contributed by atoms with van der Waals surface area (Å²) in [5.74, 6) is -5.16. The number of carbonyl (C=O) groups is 2. The van der Waals surface area contributed by atoms with Gasteiger partial charge in [0.25, 0.3) is 11.8 Å². The maximum atomic E-state index is 13.7. The second-order valence-corrected chi connectivity index (χ2v) is 7.03. The minimum absolute atomic E-state index is 0.0304. The van der Waals surface area contributed by atoms with E-state index in [0.29, 0.717) is 4.90 Å². The highest BCUT2D eigenvalue weighted by Gasteiger charge is 2.32. The highest BCUT2D eigenvalue weighted by molar-refractivity contribution is 5.97. The molecule has 8 heteroatoms. The lowest BCUT2D eigenvalue weighted by Crippen LogP contribution is -3.11. The summed E-state index contributed by atoms with van der Waals surface area (Å²) in [7, 11) is 1.66. The summed E-state index contributed by atoms with van der Waals surface area (Å²) in [6.45, 7) is 1.90. The molecular weight excluding hydrogens is 371 g/mol. The van der Waals surface area contributed by atoms with Crippen molar-refractivity contribution in [2.45, 2.75) is 19.4 Å². The predicted octanol–water partition coefficient (Wildman–Crippen LogP) is 1.53. The third-order valence-electron chi connectivity index (χ3n) is 4.70. The molecule has 0 aromatic heterocycles. The zero-order chi connectivity index (χ0) is 20.4. The van der Waals surface area contributed by atoms with E-state index in [0.717, 1.165) is 29.8 Å². The normalized spacial score (nSPS) is 16.6. The van der Waals surface area contributed by atoms with Crippen LogP contribution in [-0.2, 0) is 16.0 Å². The molecule has 0 fully saturated rings. The molecule has 5 nitrogen and oxygen atoms in total. The van der Waals surface area contributed by atoms with Crippen molar-refractivity contribution in [3.63, 3.8) is 0 Å². The molecule has 2 aromatic rings. The number of nitrogens with zero attached hydrogens (tertiary/aromatic N) is 1. The third kappa shape index (κ3) is 4.01. The number of quaternary nitrogens is 1. The van der Waals surface area contributed by atoms with E-state index in [1.165, 1.54) is 0 Å². The number of hydrogen-bond acceptors (Lipinski definition) is 2. The first kappa shape index (κ1) is 19.9. The Morgan fingerprint density at radius 1 is 1.11 bits per heavy atom. The number of halogens is 3. The second kappa shape index (κ2) is 8.02. The second-order valence-electron chi connectivity index (χ2n) is 7.03. The molecule has 0 saturated carbocycles. The van der Waals surface area contributed by atoms with E-state index >= 15 is 0 Å². The number of hydrogen-bond donors (Lipinski definition) is 2. The molecule has 2 amide bonds. The molecule has 0 saturated heterocycles. The van der Waals surface area contributed by atoms with Crippen LogP contribution in [0.3, 0.4) is 0 Å². The van der Waals surface area contributed by atoms with Crippen molar-refractivity contribution < 1.29 is 27.7 Å². The Morgan fingerprint density at radius 3 is 2.57 bits per heavy atom. The predicted molar refractivity (Wildman–Crippen MR) is 98.7 cm³/mol. The fourth-order valence-electron chi connectivity index (χ4n) is 3.44. The lowest BCUT2D eigenvalue weighted by molar-refractivity contribution is -0.862. The Balaban J connectivity index is 1.60. The van der Waals surface area contributed by atoms with Crippen LogP contribution in [0.5, 0.6) is 0 Å². The van der Waals surface area contributed by atoms with Crippen molar-refractivity contribution in [2.75, 3.05) is 30.4 Å². The molecule has 2 atom stereocenters. The number of likely N-dealkylation sites (N-methyl/N-ethyl adjacent to an activating group) is 1. The zero-order valence-corrected chi connectivity index (χ0v) is 15.6. The van der Waals surface area contributed by atoms with Gasteiger partial charge in [0, 0.05) is 11.7 Å². The first-order valence-electron chi connectivity index (χ1n) is 8.92. The first-order chi connectivity index (χ1) is 13.3. The molecule has 0 spiro atoms. The van der Waals surface area contributed by atoms with Gasteiger partial charge in [-0.25, -0.2) is 13.2 Å². The van der Waals surface area contributed by atoms with Crippen LogP contribution >= 0.6 is 0 Å². The number of carbonyl (C=O) groups excluding carboxylic acids is 2. The average Bonchev–Trinajstić information content (AvgIpc) is 2.97. The summed E-state index contributed by atoms with van der Waals surface area (Å²) in [6.07, 6.45) is 0.775. The van der Waals surface area contributed by atoms with Crippen molar-refractivity contribution in [1.29, 1.82) is 0 Å². The van der Waals surface area contributed by atoms with Crippen LogP contribution in [-0.4, -0.2) is 38.0 Å². The summed E-state index contributed by atoms with van der Waals surface area (Å²) in [4.78, 5) is 27.1. The number of amides is 2. The Kier molecular flexibility index (Phi) is 5.69. The summed E-state index contributed by atoms with van der Waals surface area (Å²) in [5.41, 5.74) is 1.54. The van der Waals surface area contributed by atoms with Gasteiger partial charge in [0.15, 0.2) is 30.5 Å². The fourth-order valence-corrected chi connectivity index (χ4v) is 3.44. The quantitative estimate of drug-likeness (QED) is 0.759. The highest BCUT2D eigenvalue weighted by atomic mass is 19.2. The Bertz CT molecular complexity index is 920. The summed E-state index contributed by atoms with van der Waals surface area (Å²) in [5, 5.41) is 2.21. The van der Waals surface area contributed by atoms with Gasteiger partial charge in [-0.2, -0.15) is 0 Å². The zero-order valence-electron chi connectivity index (χ0n) is 15.6. The van der Waals surface area contributed by atoms with Gasteiger partial charge in [0.05, 0.1) is 12.7 Å². The number of fused-ring (bicyclic) bond motifs is 1. The van der Waals surface area contributed by atoms with Crippen LogP contribution in [0.1, 0.15) is 12.5 Å². The Hall–Kier alpha value is -2.87. The van der Waals surface area contributed by atoms with E-state index < -0.39 is 29.0 Å². The van der Waals surface area contributed by atoms with Gasteiger partial charge in [0.1, 0.15) is 0 Å². The standard InChI is InChI=1S/C20H20F3N3O2/c1-12-9-13-5-3-4-6-16(13)26(12)18(28)11-25(2)10-17(27)24-15-8-7-14(21)19(22)20(15)23/h3-8,12H,9-11H2,1-2H3,(H,24,27)/p+1/t12-/m0/s1. The van der Waals surface area contributed by atoms with Crippen molar-refractivity contribution in [3.8, 4) is 0 Å². The highest BCUT2D eigenvalue weighted by Crippen LogP contribution is 2.31. The van der Waals surface area contributed by atoms with E-state index in [-0.39, 0.29) is 25.0 Å². The largest absolute Gasteiger partial charge is 0.322 e. The van der Waals surface area contributed by atoms with Crippen molar-refractivity contribution in [3.05, 3.63) is 59.4 Å². The fraction of sp³-hybridized carbons (Fsp3) is 0.300. The molecule has 0 aliphatic carbocycles. The van der Waals surface area contributed by atoms with Crippen LogP contribution in [0.4, 0.5) is 24.5 Å².